The molecule has 0 unspecified atom stereocenters. The van der Waals surface area contributed by atoms with Crippen LogP contribution < -0.4 is 5.32 Å². The first kappa shape index (κ1) is 13.2. The molecule has 1 N–H and O–H groups in total. The zero-order valence-corrected chi connectivity index (χ0v) is 12.4. The highest BCUT2D eigenvalue weighted by Gasteiger charge is 2.53. The molecule has 0 aromatic carbocycles. The summed E-state index contributed by atoms with van der Waals surface area (Å²) >= 11 is 0. The third-order valence-corrected chi connectivity index (χ3v) is 5.10. The fourth-order valence-corrected chi connectivity index (χ4v) is 3.36. The summed E-state index contributed by atoms with van der Waals surface area (Å²) in [6.45, 7) is 6.61. The van der Waals surface area contributed by atoms with Gasteiger partial charge in [-0.1, -0.05) is 13.8 Å². The second kappa shape index (κ2) is 5.28. The molecule has 0 aliphatic heterocycles. The number of hydrogen-bond acceptors (Lipinski definition) is 2. The van der Waals surface area contributed by atoms with Crippen LogP contribution in [-0.4, -0.2) is 16.3 Å². The fourth-order valence-electron chi connectivity index (χ4n) is 3.36. The molecule has 0 spiro atoms. The van der Waals surface area contributed by atoms with Crippen LogP contribution in [0.5, 0.6) is 0 Å². The zero-order chi connectivity index (χ0) is 13.3. The summed E-state index contributed by atoms with van der Waals surface area (Å²) in [7, 11) is 0. The van der Waals surface area contributed by atoms with Gasteiger partial charge in [0.15, 0.2) is 0 Å². The molecule has 106 valence electrons. The quantitative estimate of drug-likeness (QED) is 0.776. The number of rotatable bonds is 8. The molecular weight excluding hydrogens is 234 g/mol. The first-order valence-corrected chi connectivity index (χ1v) is 8.02. The Morgan fingerprint density at radius 1 is 1.37 bits per heavy atom. The van der Waals surface area contributed by atoms with Gasteiger partial charge in [0.05, 0.1) is 11.7 Å². The van der Waals surface area contributed by atoms with Crippen LogP contribution in [0.25, 0.3) is 0 Å². The summed E-state index contributed by atoms with van der Waals surface area (Å²) < 4.78 is 2.14. The van der Waals surface area contributed by atoms with Crippen molar-refractivity contribution in [3.05, 3.63) is 18.0 Å². The lowest BCUT2D eigenvalue weighted by molar-refractivity contribution is 0.397. The molecule has 2 saturated carbocycles. The minimum atomic E-state index is 0.565. The maximum Gasteiger partial charge on any atom is 0.0762 e. The van der Waals surface area contributed by atoms with Crippen LogP contribution in [0.4, 0.5) is 0 Å². The van der Waals surface area contributed by atoms with E-state index in [4.69, 9.17) is 5.10 Å². The Bertz CT molecular complexity index is 411. The van der Waals surface area contributed by atoms with Crippen molar-refractivity contribution in [1.82, 2.24) is 15.1 Å². The third kappa shape index (κ3) is 2.86. The first-order valence-electron chi connectivity index (χ1n) is 8.02. The fraction of sp³-hybridized carbons (Fsp3) is 0.812. The van der Waals surface area contributed by atoms with E-state index in [0.29, 0.717) is 11.5 Å². The lowest BCUT2D eigenvalue weighted by atomic mass is 10.0. The van der Waals surface area contributed by atoms with E-state index >= 15 is 0 Å². The predicted octanol–water partition coefficient (Wildman–Crippen LogP) is 3.52. The molecule has 0 bridgehead atoms. The van der Waals surface area contributed by atoms with Gasteiger partial charge in [-0.25, -0.2) is 0 Å². The van der Waals surface area contributed by atoms with Crippen LogP contribution in [-0.2, 0) is 6.54 Å². The van der Waals surface area contributed by atoms with Crippen molar-refractivity contribution in [2.75, 3.05) is 6.54 Å². The Kier molecular flexibility index (Phi) is 3.66. The number of nitrogens with one attached hydrogen (secondary N) is 1. The lowest BCUT2D eigenvalue weighted by Crippen LogP contribution is -2.25. The van der Waals surface area contributed by atoms with Crippen molar-refractivity contribution >= 4 is 0 Å². The van der Waals surface area contributed by atoms with Crippen molar-refractivity contribution in [2.24, 2.45) is 11.3 Å². The van der Waals surface area contributed by atoms with Gasteiger partial charge in [0.25, 0.3) is 0 Å². The van der Waals surface area contributed by atoms with Crippen molar-refractivity contribution in [3.8, 4) is 0 Å². The summed E-state index contributed by atoms with van der Waals surface area (Å²) in [5.41, 5.74) is 1.89. The van der Waals surface area contributed by atoms with Gasteiger partial charge >= 0.3 is 0 Å². The number of nitrogens with zero attached hydrogens (tertiary/aromatic N) is 2. The van der Waals surface area contributed by atoms with Crippen LogP contribution in [0.1, 0.15) is 64.1 Å². The van der Waals surface area contributed by atoms with Crippen LogP contribution in [0.15, 0.2) is 12.3 Å². The third-order valence-electron chi connectivity index (χ3n) is 5.10. The average molecular weight is 261 g/mol. The summed E-state index contributed by atoms with van der Waals surface area (Å²) in [4.78, 5) is 0. The Morgan fingerprint density at radius 2 is 2.11 bits per heavy atom. The normalized spacial score (nSPS) is 21.0. The second-order valence-electron chi connectivity index (χ2n) is 6.50. The standard InChI is InChI=1S/C16H27N3/c1-3-15(4-2)19-10-7-14(18-19)11-17-12-16(8-9-16)13-5-6-13/h7,10,13,15,17H,3-6,8-9,11-12H2,1-2H3. The summed E-state index contributed by atoms with van der Waals surface area (Å²) in [6.07, 6.45) is 10.3. The molecule has 2 aliphatic rings. The lowest BCUT2D eigenvalue weighted by Gasteiger charge is -2.14. The van der Waals surface area contributed by atoms with E-state index in [1.807, 2.05) is 0 Å². The van der Waals surface area contributed by atoms with E-state index in [1.165, 1.54) is 37.9 Å². The minimum Gasteiger partial charge on any atom is -0.311 e. The highest BCUT2D eigenvalue weighted by Crippen LogP contribution is 2.60. The molecule has 3 rings (SSSR count). The maximum absolute atomic E-state index is 4.71. The Morgan fingerprint density at radius 3 is 2.68 bits per heavy atom. The van der Waals surface area contributed by atoms with Crippen LogP contribution >= 0.6 is 0 Å². The Balaban J connectivity index is 1.47. The summed E-state index contributed by atoms with van der Waals surface area (Å²) in [5, 5.41) is 8.35. The van der Waals surface area contributed by atoms with Crippen LogP contribution in [0.2, 0.25) is 0 Å². The smallest absolute Gasteiger partial charge is 0.0762 e. The van der Waals surface area contributed by atoms with Gasteiger partial charge in [-0.2, -0.15) is 5.10 Å². The Labute approximate surface area is 116 Å². The maximum atomic E-state index is 4.71. The molecule has 2 aliphatic carbocycles. The highest BCUT2D eigenvalue weighted by molar-refractivity contribution is 5.06. The minimum absolute atomic E-state index is 0.565. The molecule has 0 amide bonds. The van der Waals surface area contributed by atoms with Gasteiger partial charge < -0.3 is 5.32 Å². The zero-order valence-electron chi connectivity index (χ0n) is 12.4. The predicted molar refractivity (Wildman–Crippen MR) is 77.9 cm³/mol. The van der Waals surface area contributed by atoms with Gasteiger partial charge in [0.2, 0.25) is 0 Å². The van der Waals surface area contributed by atoms with Crippen LogP contribution in [0, 0.1) is 11.3 Å². The SMILES string of the molecule is CCC(CC)n1ccc(CNCC2(C3CC3)CC2)n1. The van der Waals surface area contributed by atoms with Gasteiger partial charge in [0.1, 0.15) is 0 Å². The molecule has 2 fully saturated rings. The van der Waals surface area contributed by atoms with E-state index in [1.54, 1.807) is 0 Å². The molecule has 1 heterocycles. The summed E-state index contributed by atoms with van der Waals surface area (Å²) in [6, 6.07) is 2.73. The van der Waals surface area contributed by atoms with Gasteiger partial charge in [-0.05, 0) is 55.9 Å². The van der Waals surface area contributed by atoms with E-state index < -0.39 is 0 Å². The molecule has 0 radical (unpaired) electrons. The van der Waals surface area contributed by atoms with Gasteiger partial charge in [0, 0.05) is 19.3 Å². The van der Waals surface area contributed by atoms with Crippen LogP contribution in [0.3, 0.4) is 0 Å². The van der Waals surface area contributed by atoms with Crippen molar-refractivity contribution in [1.29, 1.82) is 0 Å². The van der Waals surface area contributed by atoms with Gasteiger partial charge in [-0.3, -0.25) is 4.68 Å². The van der Waals surface area contributed by atoms with Crippen molar-refractivity contribution < 1.29 is 0 Å². The monoisotopic (exact) mass is 261 g/mol. The molecule has 0 saturated heterocycles. The topological polar surface area (TPSA) is 29.9 Å². The largest absolute Gasteiger partial charge is 0.311 e. The van der Waals surface area contributed by atoms with Crippen molar-refractivity contribution in [3.63, 3.8) is 0 Å². The Hall–Kier alpha value is -0.830. The van der Waals surface area contributed by atoms with Gasteiger partial charge in [-0.15, -0.1) is 0 Å². The number of hydrogen-bond donors (Lipinski definition) is 1. The first-order chi connectivity index (χ1) is 9.27. The summed E-state index contributed by atoms with van der Waals surface area (Å²) in [5.74, 6) is 1.04. The van der Waals surface area contributed by atoms with Crippen molar-refractivity contribution in [2.45, 2.75) is 65.0 Å². The van der Waals surface area contributed by atoms with E-state index in [9.17, 15) is 0 Å². The molecule has 0 atom stereocenters. The van der Waals surface area contributed by atoms with E-state index in [-0.39, 0.29) is 0 Å². The van der Waals surface area contributed by atoms with E-state index in [2.05, 4.69) is 36.1 Å². The van der Waals surface area contributed by atoms with E-state index in [0.717, 1.165) is 25.3 Å². The molecule has 3 nitrogen and oxygen atoms in total. The molecule has 3 heteroatoms. The molecule has 1 aromatic heterocycles. The average Bonchev–Trinajstić information content (AvgIpc) is 3.31. The highest BCUT2D eigenvalue weighted by atomic mass is 15.3. The number of aromatic nitrogens is 2. The molecule has 1 aromatic rings. The molecule has 19 heavy (non-hydrogen) atoms. The second-order valence-corrected chi connectivity index (χ2v) is 6.50. The molecular formula is C16H27N3.